The largest absolute Gasteiger partial charge is 0.347 e. The first kappa shape index (κ1) is 12.4. The maximum atomic E-state index is 11.5. The lowest BCUT2D eigenvalue weighted by Crippen LogP contribution is -2.36. The number of hydrogen-bond donors (Lipinski definition) is 1. The van der Waals surface area contributed by atoms with E-state index in [2.05, 4.69) is 10.3 Å². The fraction of sp³-hybridized carbons (Fsp3) is 0.300. The van der Waals surface area contributed by atoms with Crippen molar-refractivity contribution in [1.29, 1.82) is 0 Å². The molecule has 2 amide bonds. The molecule has 1 N–H and O–H groups in total. The Morgan fingerprint density at radius 1 is 1.44 bits per heavy atom. The molecule has 86 valence electrons. The van der Waals surface area contributed by atoms with Crippen molar-refractivity contribution >= 4 is 23.4 Å². The Labute approximate surface area is 98.4 Å². The highest BCUT2D eigenvalue weighted by Crippen LogP contribution is 2.04. The topological polar surface area (TPSA) is 62.3 Å². The predicted molar refractivity (Wildman–Crippen MR) is 60.3 cm³/mol. The summed E-state index contributed by atoms with van der Waals surface area (Å²) in [6.45, 7) is -0.0333. The van der Waals surface area contributed by atoms with Gasteiger partial charge in [-0.1, -0.05) is 11.6 Å². The molecule has 0 radical (unpaired) electrons. The summed E-state index contributed by atoms with van der Waals surface area (Å²) in [6, 6.07) is 3.06. The number of hydrogen-bond acceptors (Lipinski definition) is 3. The molecule has 1 rings (SSSR count). The molecule has 0 aliphatic heterocycles. The number of rotatable bonds is 3. The minimum absolute atomic E-state index is 0.0333. The third-order valence-corrected chi connectivity index (χ3v) is 2.11. The van der Waals surface area contributed by atoms with E-state index >= 15 is 0 Å². The molecule has 0 atom stereocenters. The van der Waals surface area contributed by atoms with E-state index in [4.69, 9.17) is 11.6 Å². The van der Waals surface area contributed by atoms with Crippen LogP contribution >= 0.6 is 11.6 Å². The molecule has 0 aliphatic carbocycles. The molecule has 0 unspecified atom stereocenters. The molecule has 0 saturated heterocycles. The number of halogens is 1. The fourth-order valence-electron chi connectivity index (χ4n) is 0.926. The molecule has 0 bridgehead atoms. The molecule has 1 aromatic heterocycles. The van der Waals surface area contributed by atoms with Crippen LogP contribution in [-0.4, -0.2) is 42.3 Å². The van der Waals surface area contributed by atoms with Crippen LogP contribution in [0.15, 0.2) is 18.3 Å². The number of pyridine rings is 1. The highest BCUT2D eigenvalue weighted by molar-refractivity contribution is 6.29. The summed E-state index contributed by atoms with van der Waals surface area (Å²) in [5, 5.41) is 2.81. The van der Waals surface area contributed by atoms with Gasteiger partial charge in [-0.25, -0.2) is 4.98 Å². The number of nitrogens with one attached hydrogen (secondary N) is 1. The zero-order valence-electron chi connectivity index (χ0n) is 9.03. The molecule has 1 aromatic rings. The SMILES string of the molecule is CN(C)C(=O)CNC(=O)c1ccc(Cl)nc1. The van der Waals surface area contributed by atoms with Crippen LogP contribution in [0.4, 0.5) is 0 Å². The van der Waals surface area contributed by atoms with Gasteiger partial charge < -0.3 is 10.2 Å². The summed E-state index contributed by atoms with van der Waals surface area (Å²) in [4.78, 5) is 27.9. The average Bonchev–Trinajstić information content (AvgIpc) is 2.26. The van der Waals surface area contributed by atoms with E-state index in [1.807, 2.05) is 0 Å². The molecule has 5 nitrogen and oxygen atoms in total. The van der Waals surface area contributed by atoms with Gasteiger partial charge >= 0.3 is 0 Å². The van der Waals surface area contributed by atoms with Crippen molar-refractivity contribution in [2.24, 2.45) is 0 Å². The van der Waals surface area contributed by atoms with Crippen molar-refractivity contribution in [2.45, 2.75) is 0 Å². The Bertz CT molecular complexity index is 390. The van der Waals surface area contributed by atoms with Gasteiger partial charge in [-0.2, -0.15) is 0 Å². The summed E-state index contributed by atoms with van der Waals surface area (Å²) in [5.41, 5.74) is 0.371. The number of carbonyl (C=O) groups excluding carboxylic acids is 2. The molecule has 0 spiro atoms. The molecule has 1 heterocycles. The maximum absolute atomic E-state index is 11.5. The van der Waals surface area contributed by atoms with Gasteiger partial charge in [0, 0.05) is 20.3 Å². The average molecular weight is 242 g/mol. The monoisotopic (exact) mass is 241 g/mol. The quantitative estimate of drug-likeness (QED) is 0.787. The van der Waals surface area contributed by atoms with Crippen molar-refractivity contribution in [1.82, 2.24) is 15.2 Å². The molecule has 0 fully saturated rings. The van der Waals surface area contributed by atoms with E-state index in [9.17, 15) is 9.59 Å². The normalized spacial score (nSPS) is 9.69. The standard InChI is InChI=1S/C10H12ClN3O2/c1-14(2)9(15)6-13-10(16)7-3-4-8(11)12-5-7/h3-5H,6H2,1-2H3,(H,13,16). The van der Waals surface area contributed by atoms with Gasteiger partial charge in [-0.3, -0.25) is 9.59 Å². The summed E-state index contributed by atoms with van der Waals surface area (Å²) >= 11 is 5.58. The van der Waals surface area contributed by atoms with Crippen LogP contribution in [0.25, 0.3) is 0 Å². The van der Waals surface area contributed by atoms with E-state index in [0.29, 0.717) is 10.7 Å². The van der Waals surface area contributed by atoms with Crippen LogP contribution in [0.5, 0.6) is 0 Å². The van der Waals surface area contributed by atoms with Crippen LogP contribution < -0.4 is 5.32 Å². The fourth-order valence-corrected chi connectivity index (χ4v) is 1.04. The van der Waals surface area contributed by atoms with Crippen molar-refractivity contribution in [3.63, 3.8) is 0 Å². The molecule has 16 heavy (non-hydrogen) atoms. The zero-order valence-corrected chi connectivity index (χ0v) is 9.78. The first-order chi connectivity index (χ1) is 7.50. The van der Waals surface area contributed by atoms with Gasteiger partial charge in [0.1, 0.15) is 5.15 Å². The molecule has 0 saturated carbocycles. The van der Waals surface area contributed by atoms with Gasteiger partial charge in [0.05, 0.1) is 12.1 Å². The van der Waals surface area contributed by atoms with Crippen molar-refractivity contribution < 1.29 is 9.59 Å². The van der Waals surface area contributed by atoms with E-state index in [-0.39, 0.29) is 18.4 Å². The lowest BCUT2D eigenvalue weighted by Gasteiger charge is -2.10. The second kappa shape index (κ2) is 5.46. The van der Waals surface area contributed by atoms with Gasteiger partial charge in [0.15, 0.2) is 0 Å². The summed E-state index contributed by atoms with van der Waals surface area (Å²) < 4.78 is 0. The minimum atomic E-state index is -0.348. The van der Waals surface area contributed by atoms with E-state index in [0.717, 1.165) is 0 Å². The number of amides is 2. The van der Waals surface area contributed by atoms with E-state index in [1.54, 1.807) is 20.2 Å². The zero-order chi connectivity index (χ0) is 12.1. The van der Waals surface area contributed by atoms with Crippen LogP contribution in [0.1, 0.15) is 10.4 Å². The molecular formula is C10H12ClN3O2. The molecule has 0 aromatic carbocycles. The van der Waals surface area contributed by atoms with Gasteiger partial charge in [-0.05, 0) is 12.1 Å². The Morgan fingerprint density at radius 2 is 2.12 bits per heavy atom. The summed E-state index contributed by atoms with van der Waals surface area (Å²) in [6.07, 6.45) is 1.36. The number of aromatic nitrogens is 1. The van der Waals surface area contributed by atoms with Gasteiger partial charge in [0.25, 0.3) is 5.91 Å². The summed E-state index contributed by atoms with van der Waals surface area (Å²) in [5.74, 6) is -0.519. The first-order valence-electron chi connectivity index (χ1n) is 4.60. The third-order valence-electron chi connectivity index (χ3n) is 1.89. The lowest BCUT2D eigenvalue weighted by atomic mass is 10.3. The van der Waals surface area contributed by atoms with Crippen LogP contribution in [0, 0.1) is 0 Å². The number of likely N-dealkylation sites (N-methyl/N-ethyl adjacent to an activating group) is 1. The van der Waals surface area contributed by atoms with Crippen LogP contribution in [0.3, 0.4) is 0 Å². The van der Waals surface area contributed by atoms with Gasteiger partial charge in [-0.15, -0.1) is 0 Å². The maximum Gasteiger partial charge on any atom is 0.253 e. The van der Waals surface area contributed by atoms with E-state index in [1.165, 1.54) is 17.2 Å². The highest BCUT2D eigenvalue weighted by atomic mass is 35.5. The molecule has 0 aliphatic rings. The second-order valence-electron chi connectivity index (χ2n) is 3.34. The predicted octanol–water partition coefficient (Wildman–Crippen LogP) is 0.553. The summed E-state index contributed by atoms with van der Waals surface area (Å²) in [7, 11) is 3.25. The minimum Gasteiger partial charge on any atom is -0.347 e. The van der Waals surface area contributed by atoms with Crippen molar-refractivity contribution in [2.75, 3.05) is 20.6 Å². The Morgan fingerprint density at radius 3 is 2.62 bits per heavy atom. The number of nitrogens with zero attached hydrogens (tertiary/aromatic N) is 2. The van der Waals surface area contributed by atoms with Crippen molar-refractivity contribution in [3.8, 4) is 0 Å². The smallest absolute Gasteiger partial charge is 0.253 e. The van der Waals surface area contributed by atoms with Gasteiger partial charge in [0.2, 0.25) is 5.91 Å². The first-order valence-corrected chi connectivity index (χ1v) is 4.98. The molecule has 6 heteroatoms. The number of carbonyl (C=O) groups is 2. The Balaban J connectivity index is 2.53. The lowest BCUT2D eigenvalue weighted by molar-refractivity contribution is -0.127. The van der Waals surface area contributed by atoms with E-state index < -0.39 is 0 Å². The van der Waals surface area contributed by atoms with Crippen LogP contribution in [0.2, 0.25) is 5.15 Å². The molecular weight excluding hydrogens is 230 g/mol. The van der Waals surface area contributed by atoms with Crippen molar-refractivity contribution in [3.05, 3.63) is 29.0 Å². The second-order valence-corrected chi connectivity index (χ2v) is 3.73. The Hall–Kier alpha value is -1.62. The Kier molecular flexibility index (Phi) is 4.25. The van der Waals surface area contributed by atoms with Crippen LogP contribution in [-0.2, 0) is 4.79 Å². The highest BCUT2D eigenvalue weighted by Gasteiger charge is 2.09. The third kappa shape index (κ3) is 3.51.